The van der Waals surface area contributed by atoms with Crippen LogP contribution in [0, 0.1) is 0 Å². The molecule has 1 fully saturated rings. The molecule has 9 heteroatoms. The van der Waals surface area contributed by atoms with Crippen LogP contribution >= 0.6 is 0 Å². The molecule has 6 rings (SSSR count). The fraction of sp³-hybridized carbons (Fsp3) is 0.500. The minimum atomic E-state index is -1.12. The Balaban J connectivity index is 1.27. The Hall–Kier alpha value is -3.56. The van der Waals surface area contributed by atoms with Crippen LogP contribution in [0.3, 0.4) is 0 Å². The van der Waals surface area contributed by atoms with Gasteiger partial charge in [-0.15, -0.1) is 0 Å². The first-order valence-corrected chi connectivity index (χ1v) is 14.4. The zero-order chi connectivity index (χ0) is 28.6. The van der Waals surface area contributed by atoms with Gasteiger partial charge in [0.25, 0.3) is 0 Å². The Morgan fingerprint density at radius 1 is 1.10 bits per heavy atom. The van der Waals surface area contributed by atoms with Crippen molar-refractivity contribution in [1.82, 2.24) is 4.90 Å². The summed E-state index contributed by atoms with van der Waals surface area (Å²) in [6, 6.07) is 13.5. The van der Waals surface area contributed by atoms with Crippen molar-refractivity contribution >= 4 is 11.9 Å². The van der Waals surface area contributed by atoms with Crippen molar-refractivity contribution in [2.24, 2.45) is 0 Å². The van der Waals surface area contributed by atoms with Crippen molar-refractivity contribution in [1.29, 1.82) is 0 Å². The van der Waals surface area contributed by atoms with E-state index in [-0.39, 0.29) is 37.4 Å². The Morgan fingerprint density at radius 3 is 2.63 bits per heavy atom. The average Bonchev–Trinajstić information content (AvgIpc) is 3.65. The fourth-order valence-corrected chi connectivity index (χ4v) is 6.76. The first kappa shape index (κ1) is 27.6. The second-order valence-electron chi connectivity index (χ2n) is 11.3. The molecule has 218 valence electrons. The molecule has 4 atom stereocenters. The second kappa shape index (κ2) is 11.4. The first-order valence-electron chi connectivity index (χ1n) is 14.4. The van der Waals surface area contributed by atoms with E-state index >= 15 is 0 Å². The van der Waals surface area contributed by atoms with Gasteiger partial charge in [0, 0.05) is 6.54 Å². The van der Waals surface area contributed by atoms with E-state index in [2.05, 4.69) is 17.0 Å². The predicted molar refractivity (Wildman–Crippen MR) is 148 cm³/mol. The van der Waals surface area contributed by atoms with Gasteiger partial charge in [0.15, 0.2) is 23.7 Å². The van der Waals surface area contributed by atoms with Gasteiger partial charge in [-0.3, -0.25) is 9.69 Å². The van der Waals surface area contributed by atoms with Gasteiger partial charge in [0.2, 0.25) is 6.79 Å². The average molecular weight is 564 g/mol. The lowest BCUT2D eigenvalue weighted by Crippen LogP contribution is -2.48. The van der Waals surface area contributed by atoms with Gasteiger partial charge in [0.05, 0.1) is 31.1 Å². The standard InChI is InChI=1S/C32H37NO8/c1-20(2)40-26(16-28(34)37-18-21-8-5-4-6-9-21)31(35)41-30-27(36-3)17-32-11-7-12-33(32)13-10-22-14-24-25(39-19-38-24)15-23(22)29(30)32/h4-6,8-9,14-15,17,20,26,29-30H,7,10-13,16,18-19H2,1-3H3/t26-,29-,30?,32?/m1/s1. The lowest BCUT2D eigenvalue weighted by Gasteiger charge is -2.39. The van der Waals surface area contributed by atoms with E-state index in [0.717, 1.165) is 54.8 Å². The molecule has 0 bridgehead atoms. The monoisotopic (exact) mass is 563 g/mol. The van der Waals surface area contributed by atoms with Gasteiger partial charge in [-0.05, 0) is 74.6 Å². The molecular weight excluding hydrogens is 526 g/mol. The zero-order valence-corrected chi connectivity index (χ0v) is 23.8. The first-order chi connectivity index (χ1) is 19.9. The minimum absolute atomic E-state index is 0.121. The lowest BCUT2D eigenvalue weighted by molar-refractivity contribution is -0.172. The SMILES string of the molecule is COC1=CC23CCCN2CCc2cc4c(cc2[C@@H]3C1OC(=O)[C@@H](CC(=O)OCc1ccccc1)OC(C)C)OCO4. The molecule has 1 spiro atoms. The third-order valence-electron chi connectivity index (χ3n) is 8.50. The van der Waals surface area contributed by atoms with E-state index in [1.54, 1.807) is 7.11 Å². The number of esters is 2. The van der Waals surface area contributed by atoms with Gasteiger partial charge < -0.3 is 28.4 Å². The molecule has 4 aliphatic rings. The number of carbonyl (C=O) groups is 2. The maximum absolute atomic E-state index is 13.8. The third-order valence-corrected chi connectivity index (χ3v) is 8.50. The molecule has 41 heavy (non-hydrogen) atoms. The highest BCUT2D eigenvalue weighted by molar-refractivity contribution is 5.82. The highest BCUT2D eigenvalue weighted by atomic mass is 16.7. The number of hydrogen-bond donors (Lipinski definition) is 0. The van der Waals surface area contributed by atoms with Gasteiger partial charge in [-0.2, -0.15) is 0 Å². The van der Waals surface area contributed by atoms with Crippen LogP contribution in [0.25, 0.3) is 0 Å². The third kappa shape index (κ3) is 5.28. The zero-order valence-electron chi connectivity index (χ0n) is 23.8. The Morgan fingerprint density at radius 2 is 1.88 bits per heavy atom. The minimum Gasteiger partial charge on any atom is -0.497 e. The number of fused-ring (bicyclic) bond motifs is 3. The number of methoxy groups -OCH3 is 1. The van der Waals surface area contributed by atoms with E-state index in [1.165, 1.54) is 0 Å². The Labute approximate surface area is 240 Å². The van der Waals surface area contributed by atoms with Gasteiger partial charge >= 0.3 is 11.9 Å². The summed E-state index contributed by atoms with van der Waals surface area (Å²) in [5.41, 5.74) is 2.74. The summed E-state index contributed by atoms with van der Waals surface area (Å²) in [5.74, 6) is 0.693. The number of benzene rings is 2. The van der Waals surface area contributed by atoms with Crippen LogP contribution < -0.4 is 9.47 Å². The van der Waals surface area contributed by atoms with Gasteiger partial charge in [0.1, 0.15) is 12.4 Å². The molecule has 0 amide bonds. The molecule has 2 aromatic carbocycles. The van der Waals surface area contributed by atoms with E-state index in [9.17, 15) is 9.59 Å². The molecular formula is C32H37NO8. The second-order valence-corrected chi connectivity index (χ2v) is 11.3. The molecule has 1 saturated heterocycles. The Bertz CT molecular complexity index is 1320. The van der Waals surface area contributed by atoms with E-state index in [4.69, 9.17) is 28.4 Å². The maximum Gasteiger partial charge on any atom is 0.336 e. The molecule has 0 N–H and O–H groups in total. The van der Waals surface area contributed by atoms with Crippen LogP contribution in [-0.4, -0.2) is 67.7 Å². The summed E-state index contributed by atoms with van der Waals surface area (Å²) in [4.78, 5) is 29.0. The maximum atomic E-state index is 13.8. The smallest absolute Gasteiger partial charge is 0.336 e. The number of ether oxygens (including phenoxy) is 6. The molecule has 9 nitrogen and oxygen atoms in total. The fourth-order valence-electron chi connectivity index (χ4n) is 6.76. The van der Waals surface area contributed by atoms with Crippen molar-refractivity contribution in [3.8, 4) is 11.5 Å². The van der Waals surface area contributed by atoms with E-state index in [0.29, 0.717) is 11.5 Å². The quantitative estimate of drug-likeness (QED) is 0.415. The number of hydrogen-bond acceptors (Lipinski definition) is 9. The van der Waals surface area contributed by atoms with E-state index in [1.807, 2.05) is 50.2 Å². The highest BCUT2D eigenvalue weighted by Crippen LogP contribution is 2.55. The van der Waals surface area contributed by atoms with Crippen LogP contribution in [0.1, 0.15) is 55.7 Å². The van der Waals surface area contributed by atoms with E-state index < -0.39 is 24.1 Å². The predicted octanol–water partition coefficient (Wildman–Crippen LogP) is 4.27. The molecule has 2 unspecified atom stereocenters. The number of carbonyl (C=O) groups excluding carboxylic acids is 2. The van der Waals surface area contributed by atoms with Crippen molar-refractivity contribution < 1.29 is 38.0 Å². The normalized spacial score (nSPS) is 25.0. The summed E-state index contributed by atoms with van der Waals surface area (Å²) >= 11 is 0. The summed E-state index contributed by atoms with van der Waals surface area (Å²) in [6.07, 6.45) is 2.60. The molecule has 0 aromatic heterocycles. The molecule has 0 radical (unpaired) electrons. The van der Waals surface area contributed by atoms with Crippen LogP contribution in [-0.2, 0) is 41.6 Å². The van der Waals surface area contributed by atoms with Crippen LogP contribution in [0.4, 0.5) is 0 Å². The summed E-state index contributed by atoms with van der Waals surface area (Å²) in [6.45, 7) is 5.79. The van der Waals surface area contributed by atoms with Crippen molar-refractivity contribution in [3.05, 3.63) is 71.0 Å². The molecule has 3 aliphatic heterocycles. The van der Waals surface area contributed by atoms with Crippen LogP contribution in [0.5, 0.6) is 11.5 Å². The van der Waals surface area contributed by atoms with Crippen LogP contribution in [0.2, 0.25) is 0 Å². The lowest BCUT2D eigenvalue weighted by atomic mass is 9.77. The Kier molecular flexibility index (Phi) is 7.66. The van der Waals surface area contributed by atoms with Crippen LogP contribution in [0.15, 0.2) is 54.3 Å². The van der Waals surface area contributed by atoms with Gasteiger partial charge in [-0.25, -0.2) is 4.79 Å². The summed E-state index contributed by atoms with van der Waals surface area (Å²) < 4.78 is 34.9. The van der Waals surface area contributed by atoms with Crippen molar-refractivity contribution in [2.75, 3.05) is 27.0 Å². The topological polar surface area (TPSA) is 92.8 Å². The number of nitrogens with zero attached hydrogens (tertiary/aromatic N) is 1. The summed E-state index contributed by atoms with van der Waals surface area (Å²) in [5, 5.41) is 0. The largest absolute Gasteiger partial charge is 0.497 e. The number of rotatable bonds is 9. The van der Waals surface area contributed by atoms with Gasteiger partial charge in [-0.1, -0.05) is 30.3 Å². The molecule has 0 saturated carbocycles. The molecule has 1 aliphatic carbocycles. The van der Waals surface area contributed by atoms with Crippen molar-refractivity contribution in [2.45, 2.75) is 75.9 Å². The molecule has 2 aromatic rings. The summed E-state index contributed by atoms with van der Waals surface area (Å²) in [7, 11) is 1.61. The van der Waals surface area contributed by atoms with Crippen molar-refractivity contribution in [3.63, 3.8) is 0 Å². The molecule has 3 heterocycles. The highest BCUT2D eigenvalue weighted by Gasteiger charge is 2.58.